The second kappa shape index (κ2) is 6.79. The fourth-order valence-electron chi connectivity index (χ4n) is 3.30. The van der Waals surface area contributed by atoms with Crippen LogP contribution in [-0.2, 0) is 16.0 Å². The quantitative estimate of drug-likeness (QED) is 0.746. The van der Waals surface area contributed by atoms with Gasteiger partial charge in [-0.1, -0.05) is 0 Å². The molecule has 0 saturated carbocycles. The summed E-state index contributed by atoms with van der Waals surface area (Å²) in [6, 6.07) is 5.26. The Morgan fingerprint density at radius 1 is 1.30 bits per heavy atom. The Morgan fingerprint density at radius 3 is 2.89 bits per heavy atom. The van der Waals surface area contributed by atoms with E-state index in [4.69, 9.17) is 0 Å². The van der Waals surface area contributed by atoms with Crippen molar-refractivity contribution in [1.29, 1.82) is 0 Å². The molecule has 8 heteroatoms. The molecule has 0 bridgehead atoms. The molecule has 138 valence electrons. The maximum absolute atomic E-state index is 12.3. The summed E-state index contributed by atoms with van der Waals surface area (Å²) in [5, 5.41) is 8.12. The van der Waals surface area contributed by atoms with Gasteiger partial charge < -0.3 is 10.2 Å². The van der Waals surface area contributed by atoms with E-state index in [-0.39, 0.29) is 18.2 Å². The number of amides is 2. The summed E-state index contributed by atoms with van der Waals surface area (Å²) in [6.07, 6.45) is 5.99. The van der Waals surface area contributed by atoms with E-state index in [1.54, 1.807) is 35.2 Å². The predicted octanol–water partition coefficient (Wildman–Crippen LogP) is 1.01. The van der Waals surface area contributed by atoms with Crippen molar-refractivity contribution in [3.05, 3.63) is 48.2 Å². The minimum absolute atomic E-state index is 0.0410. The molecule has 0 aliphatic carbocycles. The van der Waals surface area contributed by atoms with Gasteiger partial charge in [0.15, 0.2) is 0 Å². The topological polar surface area (TPSA) is 93.0 Å². The Balaban J connectivity index is 1.51. The molecule has 1 aliphatic rings. The molecule has 8 nitrogen and oxygen atoms in total. The molecule has 27 heavy (non-hydrogen) atoms. The van der Waals surface area contributed by atoms with Gasteiger partial charge in [0.05, 0.1) is 35.7 Å². The van der Waals surface area contributed by atoms with E-state index in [1.807, 2.05) is 25.1 Å². The number of carbonyl (C=O) groups is 2. The highest BCUT2D eigenvalue weighted by atomic mass is 16.2. The third kappa shape index (κ3) is 3.38. The lowest BCUT2D eigenvalue weighted by molar-refractivity contribution is -0.131. The molecule has 1 fully saturated rings. The van der Waals surface area contributed by atoms with Gasteiger partial charge in [-0.25, -0.2) is 4.68 Å². The van der Waals surface area contributed by atoms with E-state index in [9.17, 15) is 9.59 Å². The van der Waals surface area contributed by atoms with Crippen LogP contribution in [0.2, 0.25) is 0 Å². The number of likely N-dealkylation sites (tertiary alicyclic amines) is 1. The minimum Gasteiger partial charge on any atom is -0.344 e. The Morgan fingerprint density at radius 2 is 2.15 bits per heavy atom. The zero-order chi connectivity index (χ0) is 19.0. The van der Waals surface area contributed by atoms with Gasteiger partial charge in [-0.05, 0) is 31.5 Å². The van der Waals surface area contributed by atoms with Gasteiger partial charge in [-0.3, -0.25) is 19.6 Å². The molecule has 1 N–H and O–H groups in total. The average molecular weight is 364 g/mol. The summed E-state index contributed by atoms with van der Waals surface area (Å²) < 4.78 is 1.80. The maximum atomic E-state index is 12.3. The number of aryl methyl sites for hydroxylation is 1. The SMILES string of the molecule is Cc1cc(-n2ncc3cc(CC(=O)NC4CCN(C)C4=O)ncc32)ccn1. The second-order valence-corrected chi connectivity index (χ2v) is 6.79. The van der Waals surface area contributed by atoms with Crippen molar-refractivity contribution < 1.29 is 9.59 Å². The van der Waals surface area contributed by atoms with Crippen LogP contribution in [0.15, 0.2) is 36.8 Å². The normalized spacial score (nSPS) is 16.9. The van der Waals surface area contributed by atoms with Crippen molar-refractivity contribution >= 4 is 22.7 Å². The number of carbonyl (C=O) groups excluding carboxylic acids is 2. The standard InChI is InChI=1S/C19H20N6O2/c1-12-7-15(3-5-20-12)25-17-11-21-14(8-13(17)10-22-25)9-18(26)23-16-4-6-24(2)19(16)27/h3,5,7-8,10-11,16H,4,6,9H2,1-2H3,(H,23,26). The van der Waals surface area contributed by atoms with E-state index in [0.717, 1.165) is 22.3 Å². The third-order valence-electron chi connectivity index (χ3n) is 4.74. The molecule has 2 amide bonds. The van der Waals surface area contributed by atoms with Crippen molar-refractivity contribution in [2.24, 2.45) is 0 Å². The molecule has 0 aromatic carbocycles. The highest BCUT2D eigenvalue weighted by molar-refractivity contribution is 5.90. The summed E-state index contributed by atoms with van der Waals surface area (Å²) >= 11 is 0. The lowest BCUT2D eigenvalue weighted by Crippen LogP contribution is -2.41. The molecular weight excluding hydrogens is 344 g/mol. The lowest BCUT2D eigenvalue weighted by atomic mass is 10.2. The molecule has 1 aliphatic heterocycles. The van der Waals surface area contributed by atoms with Crippen LogP contribution in [0, 0.1) is 6.92 Å². The van der Waals surface area contributed by atoms with Crippen LogP contribution in [0.1, 0.15) is 17.8 Å². The molecule has 1 unspecified atom stereocenters. The number of fused-ring (bicyclic) bond motifs is 1. The Hall–Kier alpha value is -3.29. The molecule has 3 aromatic heterocycles. The summed E-state index contributed by atoms with van der Waals surface area (Å²) in [6.45, 7) is 2.60. The number of hydrogen-bond donors (Lipinski definition) is 1. The highest BCUT2D eigenvalue weighted by Crippen LogP contribution is 2.19. The van der Waals surface area contributed by atoms with Crippen LogP contribution in [0.4, 0.5) is 0 Å². The molecule has 4 rings (SSSR count). The van der Waals surface area contributed by atoms with E-state index >= 15 is 0 Å². The lowest BCUT2D eigenvalue weighted by Gasteiger charge is -2.12. The number of nitrogens with one attached hydrogen (secondary N) is 1. The highest BCUT2D eigenvalue weighted by Gasteiger charge is 2.30. The van der Waals surface area contributed by atoms with Gasteiger partial charge in [0, 0.05) is 30.9 Å². The Bertz CT molecular complexity index is 1030. The number of likely N-dealkylation sites (N-methyl/N-ethyl adjacent to an activating group) is 1. The smallest absolute Gasteiger partial charge is 0.244 e. The van der Waals surface area contributed by atoms with Crippen LogP contribution in [0.3, 0.4) is 0 Å². The fourth-order valence-corrected chi connectivity index (χ4v) is 3.30. The molecule has 3 aromatic rings. The predicted molar refractivity (Wildman–Crippen MR) is 99.3 cm³/mol. The van der Waals surface area contributed by atoms with Crippen LogP contribution >= 0.6 is 0 Å². The number of rotatable bonds is 4. The summed E-state index contributed by atoms with van der Waals surface area (Å²) in [7, 11) is 1.74. The van der Waals surface area contributed by atoms with Gasteiger partial charge in [0.25, 0.3) is 0 Å². The zero-order valence-electron chi connectivity index (χ0n) is 15.2. The summed E-state index contributed by atoms with van der Waals surface area (Å²) in [5.74, 6) is -0.242. The fraction of sp³-hybridized carbons (Fsp3) is 0.316. The second-order valence-electron chi connectivity index (χ2n) is 6.79. The first-order valence-corrected chi connectivity index (χ1v) is 8.81. The van der Waals surface area contributed by atoms with E-state index in [2.05, 4.69) is 20.4 Å². The third-order valence-corrected chi connectivity index (χ3v) is 4.74. The van der Waals surface area contributed by atoms with Gasteiger partial charge in [0.2, 0.25) is 11.8 Å². The Labute approximate surface area is 156 Å². The van der Waals surface area contributed by atoms with Gasteiger partial charge >= 0.3 is 0 Å². The molecule has 1 atom stereocenters. The zero-order valence-corrected chi connectivity index (χ0v) is 15.2. The number of nitrogens with zero attached hydrogens (tertiary/aromatic N) is 5. The number of pyridine rings is 2. The van der Waals surface area contributed by atoms with Crippen molar-refractivity contribution in [3.63, 3.8) is 0 Å². The molecule has 0 radical (unpaired) electrons. The van der Waals surface area contributed by atoms with Crippen molar-refractivity contribution in [2.45, 2.75) is 25.8 Å². The first-order chi connectivity index (χ1) is 13.0. The van der Waals surface area contributed by atoms with E-state index in [0.29, 0.717) is 18.7 Å². The van der Waals surface area contributed by atoms with Crippen molar-refractivity contribution in [1.82, 2.24) is 30.0 Å². The van der Waals surface area contributed by atoms with Gasteiger partial charge in [0.1, 0.15) is 6.04 Å². The first-order valence-electron chi connectivity index (χ1n) is 8.81. The van der Waals surface area contributed by atoms with Gasteiger partial charge in [-0.2, -0.15) is 5.10 Å². The van der Waals surface area contributed by atoms with Crippen molar-refractivity contribution in [2.75, 3.05) is 13.6 Å². The first kappa shape index (κ1) is 17.1. The van der Waals surface area contributed by atoms with Gasteiger partial charge in [-0.15, -0.1) is 0 Å². The van der Waals surface area contributed by atoms with Crippen LogP contribution in [-0.4, -0.2) is 56.1 Å². The van der Waals surface area contributed by atoms with E-state index < -0.39 is 6.04 Å². The van der Waals surface area contributed by atoms with Crippen LogP contribution < -0.4 is 5.32 Å². The summed E-state index contributed by atoms with van der Waals surface area (Å²) in [4.78, 5) is 34.4. The minimum atomic E-state index is -0.427. The largest absolute Gasteiger partial charge is 0.344 e. The van der Waals surface area contributed by atoms with E-state index in [1.165, 1.54) is 0 Å². The molecule has 0 spiro atoms. The molecule has 1 saturated heterocycles. The summed E-state index contributed by atoms with van der Waals surface area (Å²) in [5.41, 5.74) is 3.32. The number of hydrogen-bond acceptors (Lipinski definition) is 5. The van der Waals surface area contributed by atoms with Crippen LogP contribution in [0.25, 0.3) is 16.6 Å². The number of aromatic nitrogens is 4. The van der Waals surface area contributed by atoms with Crippen molar-refractivity contribution in [3.8, 4) is 5.69 Å². The molecular formula is C19H20N6O2. The van der Waals surface area contributed by atoms with Crippen LogP contribution in [0.5, 0.6) is 0 Å². The average Bonchev–Trinajstić information content (AvgIpc) is 3.20. The molecule has 4 heterocycles. The maximum Gasteiger partial charge on any atom is 0.244 e. The Kier molecular flexibility index (Phi) is 4.31. The monoisotopic (exact) mass is 364 g/mol.